The van der Waals surface area contributed by atoms with Crippen molar-refractivity contribution in [3.05, 3.63) is 70.7 Å². The number of carbonyl (C=O) groups excluding carboxylic acids is 1. The second-order valence-corrected chi connectivity index (χ2v) is 11.2. The van der Waals surface area contributed by atoms with Gasteiger partial charge in [0.2, 0.25) is 0 Å². The largest absolute Gasteiger partial charge is 0.478 e. The lowest BCUT2D eigenvalue weighted by Crippen LogP contribution is -2.48. The Morgan fingerprint density at radius 3 is 2.37 bits per heavy atom. The highest BCUT2D eigenvalue weighted by molar-refractivity contribution is 5.99. The molecule has 0 radical (unpaired) electrons. The molecule has 0 aliphatic carbocycles. The van der Waals surface area contributed by atoms with Crippen molar-refractivity contribution < 1.29 is 37.3 Å². The van der Waals surface area contributed by atoms with E-state index in [1.807, 2.05) is 0 Å². The topological polar surface area (TPSA) is 101 Å². The molecule has 1 aromatic heterocycles. The minimum Gasteiger partial charge on any atom is -0.478 e. The highest BCUT2D eigenvalue weighted by atomic mass is 19.3. The quantitative estimate of drug-likeness (QED) is 0.312. The number of hydrogen-bond donors (Lipinski definition) is 2. The molecule has 0 spiro atoms. The maximum Gasteiger partial charge on any atom is 0.410 e. The minimum absolute atomic E-state index is 0.0124. The number of amides is 1. The summed E-state index contributed by atoms with van der Waals surface area (Å²) in [4.78, 5) is 30.9. The van der Waals surface area contributed by atoms with Crippen LogP contribution >= 0.6 is 0 Å². The number of aromatic carboxylic acids is 1. The Labute approximate surface area is 236 Å². The molecular formula is C30H34F3N3O5. The summed E-state index contributed by atoms with van der Waals surface area (Å²) in [7, 11) is 1.50. The number of rotatable bonds is 7. The van der Waals surface area contributed by atoms with Crippen molar-refractivity contribution in [3.8, 4) is 0 Å². The first-order valence-electron chi connectivity index (χ1n) is 13.3. The summed E-state index contributed by atoms with van der Waals surface area (Å²) in [5, 5.41) is 13.8. The van der Waals surface area contributed by atoms with Gasteiger partial charge in [-0.2, -0.15) is 0 Å². The van der Waals surface area contributed by atoms with Crippen molar-refractivity contribution in [2.75, 3.05) is 25.5 Å². The molecule has 4 rings (SSSR count). The Morgan fingerprint density at radius 2 is 1.78 bits per heavy atom. The van der Waals surface area contributed by atoms with E-state index in [9.17, 15) is 27.9 Å². The van der Waals surface area contributed by atoms with Gasteiger partial charge in [-0.25, -0.2) is 22.8 Å². The number of pyridine rings is 1. The molecule has 0 saturated carbocycles. The zero-order chi connectivity index (χ0) is 30.1. The highest BCUT2D eigenvalue weighted by Gasteiger charge is 2.41. The molecule has 3 aromatic rings. The Bertz CT molecular complexity index is 1450. The van der Waals surface area contributed by atoms with Gasteiger partial charge in [0.25, 0.3) is 6.43 Å². The number of carboxylic acids is 1. The van der Waals surface area contributed by atoms with Crippen LogP contribution in [0, 0.1) is 5.82 Å². The number of carboxylic acid groups (broad SMARTS) is 1. The van der Waals surface area contributed by atoms with E-state index in [0.29, 0.717) is 35.0 Å². The Kier molecular flexibility index (Phi) is 8.49. The number of benzene rings is 2. The van der Waals surface area contributed by atoms with Crippen molar-refractivity contribution in [1.29, 1.82) is 0 Å². The van der Waals surface area contributed by atoms with Gasteiger partial charge < -0.3 is 24.8 Å². The highest BCUT2D eigenvalue weighted by Crippen LogP contribution is 2.41. The van der Waals surface area contributed by atoms with Gasteiger partial charge >= 0.3 is 12.1 Å². The fraction of sp³-hybridized carbons (Fsp3) is 0.433. The molecule has 1 aliphatic rings. The number of likely N-dealkylation sites (tertiary alicyclic amines) is 1. The fourth-order valence-electron chi connectivity index (χ4n) is 5.22. The lowest BCUT2D eigenvalue weighted by molar-refractivity contribution is -0.0655. The second-order valence-electron chi connectivity index (χ2n) is 11.2. The van der Waals surface area contributed by atoms with E-state index >= 15 is 0 Å². The van der Waals surface area contributed by atoms with E-state index in [-0.39, 0.29) is 24.2 Å². The zero-order valence-corrected chi connectivity index (χ0v) is 23.6. The van der Waals surface area contributed by atoms with Crippen LogP contribution < -0.4 is 5.32 Å². The maximum atomic E-state index is 14.9. The number of halogens is 3. The van der Waals surface area contributed by atoms with Crippen molar-refractivity contribution in [1.82, 2.24) is 9.88 Å². The summed E-state index contributed by atoms with van der Waals surface area (Å²) in [5.41, 5.74) is -0.961. The van der Waals surface area contributed by atoms with Gasteiger partial charge in [0.15, 0.2) is 0 Å². The fourth-order valence-corrected chi connectivity index (χ4v) is 5.22. The van der Waals surface area contributed by atoms with E-state index in [2.05, 4.69) is 10.3 Å². The van der Waals surface area contributed by atoms with Crippen LogP contribution in [0.3, 0.4) is 0 Å². The standard InChI is InChI=1S/C30H34F3N3O5/c1-17(18-7-6-8-19(25(18)31)26(32)33)35-23-9-12-34-24-16-20(27(37)38)22(15-21(23)24)30(40-5)10-13-36(14-11-30)28(39)41-29(2,3)4/h6-9,12,15-17,26H,10-11,13-14H2,1-5H3,(H,34,35)(H,37,38). The van der Waals surface area contributed by atoms with Crippen molar-refractivity contribution in [2.24, 2.45) is 0 Å². The summed E-state index contributed by atoms with van der Waals surface area (Å²) in [6, 6.07) is 7.98. The first-order chi connectivity index (χ1) is 19.3. The average molecular weight is 574 g/mol. The summed E-state index contributed by atoms with van der Waals surface area (Å²) < 4.78 is 52.9. The molecule has 2 heterocycles. The number of carbonyl (C=O) groups is 2. The number of piperidine rings is 1. The third kappa shape index (κ3) is 6.24. The molecule has 1 unspecified atom stereocenters. The van der Waals surface area contributed by atoms with Gasteiger partial charge in [0, 0.05) is 43.0 Å². The molecule has 220 valence electrons. The summed E-state index contributed by atoms with van der Waals surface area (Å²) in [6.45, 7) is 7.58. The third-order valence-electron chi connectivity index (χ3n) is 7.35. The predicted octanol–water partition coefficient (Wildman–Crippen LogP) is 7.06. The number of methoxy groups -OCH3 is 1. The van der Waals surface area contributed by atoms with Gasteiger partial charge in [-0.3, -0.25) is 4.98 Å². The summed E-state index contributed by atoms with van der Waals surface area (Å²) in [6.07, 6.45) is -1.28. The molecule has 1 atom stereocenters. The number of hydrogen-bond acceptors (Lipinski definition) is 6. The van der Waals surface area contributed by atoms with E-state index in [0.717, 1.165) is 6.07 Å². The van der Waals surface area contributed by atoms with Crippen molar-refractivity contribution in [3.63, 3.8) is 0 Å². The van der Waals surface area contributed by atoms with Crippen LogP contribution in [0.5, 0.6) is 0 Å². The number of nitrogens with one attached hydrogen (secondary N) is 1. The summed E-state index contributed by atoms with van der Waals surface area (Å²) in [5.74, 6) is -2.14. The maximum absolute atomic E-state index is 14.9. The molecule has 1 aliphatic heterocycles. The van der Waals surface area contributed by atoms with Crippen LogP contribution in [0.2, 0.25) is 0 Å². The Hall–Kier alpha value is -3.86. The number of anilines is 1. The first kappa shape index (κ1) is 30.1. The van der Waals surface area contributed by atoms with Gasteiger partial charge in [0.1, 0.15) is 11.4 Å². The Balaban J connectivity index is 1.72. The zero-order valence-electron chi connectivity index (χ0n) is 23.6. The lowest BCUT2D eigenvalue weighted by atomic mass is 9.80. The van der Waals surface area contributed by atoms with Crippen LogP contribution in [0.4, 0.5) is 23.7 Å². The van der Waals surface area contributed by atoms with Gasteiger partial charge in [-0.1, -0.05) is 18.2 Å². The van der Waals surface area contributed by atoms with E-state index < -0.39 is 47.1 Å². The van der Waals surface area contributed by atoms with Crippen LogP contribution in [0.15, 0.2) is 42.6 Å². The molecule has 1 amide bonds. The van der Waals surface area contributed by atoms with Gasteiger partial charge in [0.05, 0.1) is 28.3 Å². The molecule has 0 bridgehead atoms. The smallest absolute Gasteiger partial charge is 0.410 e. The second kappa shape index (κ2) is 11.6. The SMILES string of the molecule is COC1(c2cc3c(NC(C)c4cccc(C(F)F)c4F)ccnc3cc2C(=O)O)CCN(C(=O)OC(C)(C)C)CC1. The molecule has 8 nitrogen and oxygen atoms in total. The Morgan fingerprint density at radius 1 is 1.12 bits per heavy atom. The number of fused-ring (bicyclic) bond motifs is 1. The number of aromatic nitrogens is 1. The van der Waals surface area contributed by atoms with E-state index in [1.54, 1.807) is 44.7 Å². The molecule has 41 heavy (non-hydrogen) atoms. The van der Waals surface area contributed by atoms with Gasteiger partial charge in [-0.05, 0) is 64.3 Å². The van der Waals surface area contributed by atoms with Crippen LogP contribution in [-0.2, 0) is 15.1 Å². The van der Waals surface area contributed by atoms with E-state index in [4.69, 9.17) is 9.47 Å². The molecule has 11 heteroatoms. The van der Waals surface area contributed by atoms with Crippen molar-refractivity contribution in [2.45, 2.75) is 64.2 Å². The monoisotopic (exact) mass is 573 g/mol. The molecule has 1 fully saturated rings. The molecular weight excluding hydrogens is 539 g/mol. The third-order valence-corrected chi connectivity index (χ3v) is 7.35. The molecule has 1 saturated heterocycles. The minimum atomic E-state index is -2.95. The normalized spacial score (nSPS) is 16.1. The van der Waals surface area contributed by atoms with Crippen molar-refractivity contribution >= 4 is 28.7 Å². The first-order valence-corrected chi connectivity index (χ1v) is 13.3. The van der Waals surface area contributed by atoms with Crippen LogP contribution in [0.25, 0.3) is 10.9 Å². The average Bonchev–Trinajstić information content (AvgIpc) is 2.91. The molecule has 2 N–H and O–H groups in total. The predicted molar refractivity (Wildman–Crippen MR) is 148 cm³/mol. The molecule has 2 aromatic carbocycles. The van der Waals surface area contributed by atoms with Crippen LogP contribution in [0.1, 0.15) is 80.1 Å². The number of nitrogens with zero attached hydrogens (tertiary/aromatic N) is 2. The summed E-state index contributed by atoms with van der Waals surface area (Å²) >= 11 is 0. The van der Waals surface area contributed by atoms with Crippen LogP contribution in [-0.4, -0.2) is 52.9 Å². The number of alkyl halides is 2. The van der Waals surface area contributed by atoms with Gasteiger partial charge in [-0.15, -0.1) is 0 Å². The lowest BCUT2D eigenvalue weighted by Gasteiger charge is -2.42. The number of ether oxygens (including phenoxy) is 2. The van der Waals surface area contributed by atoms with E-state index in [1.165, 1.54) is 31.5 Å².